The van der Waals surface area contributed by atoms with Crippen LogP contribution in [0.1, 0.15) is 39.3 Å². The summed E-state index contributed by atoms with van der Waals surface area (Å²) in [6.45, 7) is 14.5. The van der Waals surface area contributed by atoms with Crippen molar-refractivity contribution in [1.82, 2.24) is 15.5 Å². The van der Waals surface area contributed by atoms with Crippen molar-refractivity contribution in [3.8, 4) is 0 Å². The third-order valence-corrected chi connectivity index (χ3v) is 5.19. The molecule has 0 radical (unpaired) electrons. The van der Waals surface area contributed by atoms with Crippen LogP contribution in [-0.2, 0) is 4.74 Å². The number of aliphatic imine (C=N–C) groups is 1. The fraction of sp³-hybridized carbons (Fsp3) is 0.650. The van der Waals surface area contributed by atoms with Gasteiger partial charge in [-0.15, -0.1) is 24.0 Å². The first-order valence-corrected chi connectivity index (χ1v) is 9.99. The summed E-state index contributed by atoms with van der Waals surface area (Å²) in [5.74, 6) is 0.852. The Hall–Kier alpha value is -0.570. The highest BCUT2D eigenvalue weighted by Gasteiger charge is 2.33. The summed E-state index contributed by atoms with van der Waals surface area (Å²) in [4.78, 5) is 7.18. The second-order valence-corrected chi connectivity index (χ2v) is 7.55. The minimum Gasteiger partial charge on any atom is -0.380 e. The second-order valence-electron chi connectivity index (χ2n) is 7.14. The van der Waals surface area contributed by atoms with Crippen LogP contribution in [0.2, 0.25) is 5.02 Å². The van der Waals surface area contributed by atoms with Crippen molar-refractivity contribution in [2.45, 2.75) is 33.7 Å². The average molecular weight is 509 g/mol. The molecule has 2 N–H and O–H groups in total. The number of nitrogens with zero attached hydrogens (tertiary/aromatic N) is 2. The maximum atomic E-state index is 6.49. The molecule has 0 aromatic heterocycles. The zero-order valence-corrected chi connectivity index (χ0v) is 20.0. The molecule has 7 heteroatoms. The minimum atomic E-state index is 0. The molecule has 1 aliphatic heterocycles. The van der Waals surface area contributed by atoms with Gasteiger partial charge in [-0.05, 0) is 31.6 Å². The van der Waals surface area contributed by atoms with Crippen LogP contribution in [0.25, 0.3) is 0 Å². The lowest BCUT2D eigenvalue weighted by atomic mass is 9.89. The Kier molecular flexibility index (Phi) is 11.0. The van der Waals surface area contributed by atoms with E-state index < -0.39 is 0 Å². The van der Waals surface area contributed by atoms with E-state index in [1.165, 1.54) is 0 Å². The Morgan fingerprint density at radius 3 is 2.41 bits per heavy atom. The lowest BCUT2D eigenvalue weighted by Gasteiger charge is -2.36. The Morgan fingerprint density at radius 1 is 1.22 bits per heavy atom. The van der Waals surface area contributed by atoms with Crippen molar-refractivity contribution in [3.63, 3.8) is 0 Å². The van der Waals surface area contributed by atoms with Gasteiger partial charge < -0.3 is 15.4 Å². The van der Waals surface area contributed by atoms with Crippen LogP contribution in [-0.4, -0.2) is 56.8 Å². The third-order valence-electron chi connectivity index (χ3n) is 4.84. The molecule has 1 fully saturated rings. The molecule has 1 atom stereocenters. The molecule has 2 rings (SSSR count). The maximum absolute atomic E-state index is 6.49. The van der Waals surface area contributed by atoms with Crippen LogP contribution in [0.5, 0.6) is 0 Å². The van der Waals surface area contributed by atoms with E-state index in [0.717, 1.165) is 62.5 Å². The summed E-state index contributed by atoms with van der Waals surface area (Å²) in [7, 11) is 0. The van der Waals surface area contributed by atoms with E-state index in [0.29, 0.717) is 0 Å². The molecule has 0 aliphatic carbocycles. The van der Waals surface area contributed by atoms with E-state index in [1.54, 1.807) is 0 Å². The number of halogens is 2. The highest BCUT2D eigenvalue weighted by molar-refractivity contribution is 14.0. The summed E-state index contributed by atoms with van der Waals surface area (Å²) in [5, 5.41) is 7.67. The van der Waals surface area contributed by atoms with Crippen molar-refractivity contribution in [2.24, 2.45) is 10.4 Å². The van der Waals surface area contributed by atoms with Gasteiger partial charge in [0.1, 0.15) is 0 Å². The molecule has 0 spiro atoms. The summed E-state index contributed by atoms with van der Waals surface area (Å²) < 4.78 is 5.33. The largest absolute Gasteiger partial charge is 0.380 e. The molecule has 1 aliphatic rings. The first-order chi connectivity index (χ1) is 12.5. The number of guanidine groups is 1. The van der Waals surface area contributed by atoms with E-state index in [4.69, 9.17) is 21.3 Å². The predicted octanol–water partition coefficient (Wildman–Crippen LogP) is 3.93. The number of hydrogen-bond donors (Lipinski definition) is 2. The Morgan fingerprint density at radius 2 is 1.89 bits per heavy atom. The van der Waals surface area contributed by atoms with Gasteiger partial charge in [0.15, 0.2) is 5.96 Å². The smallest absolute Gasteiger partial charge is 0.191 e. The number of nitrogens with one attached hydrogen (secondary N) is 2. The molecule has 5 nitrogen and oxygen atoms in total. The lowest BCUT2D eigenvalue weighted by Crippen LogP contribution is -2.46. The fourth-order valence-electron chi connectivity index (χ4n) is 3.19. The number of rotatable bonds is 9. The zero-order valence-electron chi connectivity index (χ0n) is 16.9. The van der Waals surface area contributed by atoms with E-state index in [-0.39, 0.29) is 35.4 Å². The van der Waals surface area contributed by atoms with Gasteiger partial charge in [0.05, 0.1) is 25.8 Å². The molecule has 0 bridgehead atoms. The van der Waals surface area contributed by atoms with Crippen molar-refractivity contribution in [2.75, 3.05) is 45.9 Å². The average Bonchev–Trinajstić information content (AvgIpc) is 2.62. The van der Waals surface area contributed by atoms with Crippen LogP contribution in [0.15, 0.2) is 29.3 Å². The van der Waals surface area contributed by atoms with Crippen LogP contribution in [0.4, 0.5) is 0 Å². The van der Waals surface area contributed by atoms with Gasteiger partial charge in [0, 0.05) is 23.5 Å². The van der Waals surface area contributed by atoms with Gasteiger partial charge >= 0.3 is 0 Å². The molecular weight excluding hydrogens is 475 g/mol. The number of benzene rings is 1. The number of hydrogen-bond acceptors (Lipinski definition) is 3. The highest BCUT2D eigenvalue weighted by atomic mass is 127. The van der Waals surface area contributed by atoms with E-state index >= 15 is 0 Å². The van der Waals surface area contributed by atoms with Crippen LogP contribution in [0.3, 0.4) is 0 Å². The molecule has 1 aromatic rings. The molecule has 0 amide bonds. The minimum absolute atomic E-state index is 0. The van der Waals surface area contributed by atoms with Gasteiger partial charge in [-0.2, -0.15) is 0 Å². The number of likely N-dealkylation sites (N-methyl/N-ethyl adjacent to an activating group) is 1. The van der Waals surface area contributed by atoms with Crippen molar-refractivity contribution in [1.29, 1.82) is 0 Å². The summed E-state index contributed by atoms with van der Waals surface area (Å²) in [5.41, 5.74) is 1.32. The van der Waals surface area contributed by atoms with Gasteiger partial charge in [-0.3, -0.25) is 9.89 Å². The van der Waals surface area contributed by atoms with Crippen molar-refractivity contribution >= 4 is 41.5 Å². The summed E-state index contributed by atoms with van der Waals surface area (Å²) in [6, 6.07) is 8.30. The first kappa shape index (κ1) is 24.5. The normalized spacial score (nSPS) is 17.0. The van der Waals surface area contributed by atoms with Gasteiger partial charge in [0.25, 0.3) is 0 Å². The quantitative estimate of drug-likeness (QED) is 0.301. The van der Waals surface area contributed by atoms with Crippen LogP contribution in [0, 0.1) is 5.41 Å². The molecule has 27 heavy (non-hydrogen) atoms. The van der Waals surface area contributed by atoms with E-state index in [1.807, 2.05) is 12.1 Å². The second kappa shape index (κ2) is 12.1. The first-order valence-electron chi connectivity index (χ1n) is 9.61. The van der Waals surface area contributed by atoms with Crippen molar-refractivity contribution < 1.29 is 4.74 Å². The van der Waals surface area contributed by atoms with Crippen LogP contribution >= 0.6 is 35.6 Å². The molecule has 154 valence electrons. The molecule has 1 heterocycles. The monoisotopic (exact) mass is 508 g/mol. The Balaban J connectivity index is 0.00000364. The summed E-state index contributed by atoms with van der Waals surface area (Å²) in [6.07, 6.45) is 0. The molecular formula is C20H34ClIN4O. The predicted molar refractivity (Wildman–Crippen MR) is 125 cm³/mol. The van der Waals surface area contributed by atoms with Gasteiger partial charge in [-0.1, -0.05) is 50.6 Å². The van der Waals surface area contributed by atoms with Gasteiger partial charge in [0.2, 0.25) is 0 Å². The molecule has 1 aromatic carbocycles. The topological polar surface area (TPSA) is 48.9 Å². The van der Waals surface area contributed by atoms with E-state index in [2.05, 4.69) is 55.4 Å². The number of ether oxygens (including phenoxy) is 1. The Labute approximate surface area is 186 Å². The lowest BCUT2D eigenvalue weighted by molar-refractivity contribution is -0.0945. The fourth-order valence-corrected chi connectivity index (χ4v) is 3.45. The zero-order chi connectivity index (χ0) is 19.0. The highest BCUT2D eigenvalue weighted by Crippen LogP contribution is 2.28. The molecule has 0 saturated carbocycles. The van der Waals surface area contributed by atoms with E-state index in [9.17, 15) is 0 Å². The molecule has 1 saturated heterocycles. The maximum Gasteiger partial charge on any atom is 0.191 e. The summed E-state index contributed by atoms with van der Waals surface area (Å²) >= 11 is 6.49. The SMILES string of the molecule is CCNC(=NCC1(C)COC1)NCC(c1ccccc1Cl)N(CC)CC.I. The van der Waals surface area contributed by atoms with Crippen molar-refractivity contribution in [3.05, 3.63) is 34.9 Å². The van der Waals surface area contributed by atoms with Gasteiger partial charge in [-0.25, -0.2) is 0 Å². The Bertz CT molecular complexity index is 591. The third kappa shape index (κ3) is 7.07. The molecule has 1 unspecified atom stereocenters. The van der Waals surface area contributed by atoms with Crippen LogP contribution < -0.4 is 10.6 Å². The standard InChI is InChI=1S/C20H33ClN4O.HI/c1-5-22-19(24-13-20(4)14-26-15-20)23-12-18(25(6-2)7-3)16-10-8-9-11-17(16)21;/h8-11,18H,5-7,12-15H2,1-4H3,(H2,22,23,24);1H.